The van der Waals surface area contributed by atoms with Gasteiger partial charge in [-0.1, -0.05) is 6.07 Å². The molecule has 0 bridgehead atoms. The summed E-state index contributed by atoms with van der Waals surface area (Å²) in [7, 11) is 0. The minimum atomic E-state index is -2.89. The maximum Gasteiger partial charge on any atom is 0.387 e. The zero-order chi connectivity index (χ0) is 15.8. The van der Waals surface area contributed by atoms with Gasteiger partial charge in [0.25, 0.3) is 5.91 Å². The lowest BCUT2D eigenvalue weighted by molar-refractivity contribution is -0.0498. The van der Waals surface area contributed by atoms with Crippen LogP contribution in [0.3, 0.4) is 0 Å². The van der Waals surface area contributed by atoms with Crippen LogP contribution in [0.25, 0.3) is 0 Å². The molecule has 0 spiro atoms. The number of halogens is 2. The summed E-state index contributed by atoms with van der Waals surface area (Å²) in [6.45, 7) is 2.67. The molecule has 0 radical (unpaired) electrons. The van der Waals surface area contributed by atoms with Gasteiger partial charge < -0.3 is 20.3 Å². The van der Waals surface area contributed by atoms with Gasteiger partial charge in [0, 0.05) is 38.3 Å². The first kappa shape index (κ1) is 16.6. The Labute approximate surface area is 128 Å². The number of carbonyl (C=O) groups is 1. The SMILES string of the molecule is O=C(NCCCN1CCNCC1)c1cccc(OC(F)F)c1. The van der Waals surface area contributed by atoms with Crippen LogP contribution in [0, 0.1) is 0 Å². The zero-order valence-electron chi connectivity index (χ0n) is 12.4. The van der Waals surface area contributed by atoms with E-state index in [9.17, 15) is 13.6 Å². The van der Waals surface area contributed by atoms with E-state index in [-0.39, 0.29) is 11.7 Å². The molecule has 0 aliphatic carbocycles. The lowest BCUT2D eigenvalue weighted by Gasteiger charge is -2.27. The predicted molar refractivity (Wildman–Crippen MR) is 79.3 cm³/mol. The van der Waals surface area contributed by atoms with Crippen LogP contribution in [0.15, 0.2) is 24.3 Å². The second-order valence-electron chi connectivity index (χ2n) is 5.11. The van der Waals surface area contributed by atoms with Gasteiger partial charge in [-0.25, -0.2) is 0 Å². The molecule has 1 fully saturated rings. The van der Waals surface area contributed by atoms with Crippen molar-refractivity contribution in [2.75, 3.05) is 39.3 Å². The lowest BCUT2D eigenvalue weighted by atomic mass is 10.2. The lowest BCUT2D eigenvalue weighted by Crippen LogP contribution is -2.44. The number of hydrogen-bond acceptors (Lipinski definition) is 4. The molecule has 7 heteroatoms. The van der Waals surface area contributed by atoms with Crippen molar-refractivity contribution in [3.8, 4) is 5.75 Å². The van der Waals surface area contributed by atoms with Crippen LogP contribution >= 0.6 is 0 Å². The molecule has 2 N–H and O–H groups in total. The Hall–Kier alpha value is -1.73. The summed E-state index contributed by atoms with van der Waals surface area (Å²) in [5, 5.41) is 6.08. The molecule has 22 heavy (non-hydrogen) atoms. The minimum absolute atomic E-state index is 0.0107. The zero-order valence-corrected chi connectivity index (χ0v) is 12.4. The van der Waals surface area contributed by atoms with E-state index in [1.54, 1.807) is 6.07 Å². The maximum atomic E-state index is 12.1. The van der Waals surface area contributed by atoms with Crippen molar-refractivity contribution in [2.24, 2.45) is 0 Å². The molecule has 0 saturated carbocycles. The Bertz CT molecular complexity index is 480. The van der Waals surface area contributed by atoms with Crippen molar-refractivity contribution in [3.63, 3.8) is 0 Å². The number of alkyl halides is 2. The van der Waals surface area contributed by atoms with Crippen molar-refractivity contribution < 1.29 is 18.3 Å². The van der Waals surface area contributed by atoms with Gasteiger partial charge in [-0.05, 0) is 31.2 Å². The van der Waals surface area contributed by atoms with Crippen molar-refractivity contribution >= 4 is 5.91 Å². The number of nitrogens with one attached hydrogen (secondary N) is 2. The van der Waals surface area contributed by atoms with E-state index in [1.165, 1.54) is 18.2 Å². The standard InChI is InChI=1S/C15H21F2N3O2/c16-15(17)22-13-4-1-3-12(11-13)14(21)19-5-2-8-20-9-6-18-7-10-20/h1,3-4,11,15,18H,2,5-10H2,(H,19,21). The normalized spacial score (nSPS) is 15.8. The average molecular weight is 313 g/mol. The Kier molecular flexibility index (Phi) is 6.54. The van der Waals surface area contributed by atoms with Gasteiger partial charge in [0.15, 0.2) is 0 Å². The van der Waals surface area contributed by atoms with Crippen LogP contribution < -0.4 is 15.4 Å². The van der Waals surface area contributed by atoms with E-state index < -0.39 is 6.61 Å². The van der Waals surface area contributed by atoms with Crippen molar-refractivity contribution in [1.29, 1.82) is 0 Å². The number of piperazine rings is 1. The van der Waals surface area contributed by atoms with Crippen molar-refractivity contribution in [1.82, 2.24) is 15.5 Å². The topological polar surface area (TPSA) is 53.6 Å². The fourth-order valence-electron chi connectivity index (χ4n) is 2.35. The Morgan fingerprint density at radius 2 is 2.14 bits per heavy atom. The summed E-state index contributed by atoms with van der Waals surface area (Å²) in [6.07, 6.45) is 0.860. The van der Waals surface area contributed by atoms with Gasteiger partial charge >= 0.3 is 6.61 Å². The average Bonchev–Trinajstić information content (AvgIpc) is 2.52. The first-order valence-electron chi connectivity index (χ1n) is 7.41. The number of amides is 1. The third kappa shape index (κ3) is 5.57. The van der Waals surface area contributed by atoms with E-state index >= 15 is 0 Å². The van der Waals surface area contributed by atoms with Gasteiger partial charge in [-0.15, -0.1) is 0 Å². The summed E-state index contributed by atoms with van der Waals surface area (Å²) < 4.78 is 28.6. The van der Waals surface area contributed by atoms with E-state index in [2.05, 4.69) is 20.3 Å². The van der Waals surface area contributed by atoms with Crippen LogP contribution in [0.1, 0.15) is 16.8 Å². The fourth-order valence-corrected chi connectivity index (χ4v) is 2.35. The highest BCUT2D eigenvalue weighted by molar-refractivity contribution is 5.94. The first-order valence-corrected chi connectivity index (χ1v) is 7.41. The highest BCUT2D eigenvalue weighted by Crippen LogP contribution is 2.15. The molecule has 1 heterocycles. The maximum absolute atomic E-state index is 12.1. The molecule has 1 aromatic rings. The van der Waals surface area contributed by atoms with E-state index in [0.29, 0.717) is 12.1 Å². The quantitative estimate of drug-likeness (QED) is 0.746. The molecule has 0 unspecified atom stereocenters. The van der Waals surface area contributed by atoms with Crippen LogP contribution in [-0.2, 0) is 0 Å². The number of rotatable bonds is 7. The van der Waals surface area contributed by atoms with E-state index in [0.717, 1.165) is 39.1 Å². The second kappa shape index (κ2) is 8.65. The third-order valence-electron chi connectivity index (χ3n) is 3.47. The highest BCUT2D eigenvalue weighted by Gasteiger charge is 2.11. The molecule has 1 saturated heterocycles. The van der Waals surface area contributed by atoms with Crippen molar-refractivity contribution in [3.05, 3.63) is 29.8 Å². The van der Waals surface area contributed by atoms with Crippen LogP contribution in [0.2, 0.25) is 0 Å². The molecule has 122 valence electrons. The van der Waals surface area contributed by atoms with Gasteiger partial charge in [0.05, 0.1) is 0 Å². The minimum Gasteiger partial charge on any atom is -0.435 e. The first-order chi connectivity index (χ1) is 10.6. The summed E-state index contributed by atoms with van der Waals surface area (Å²) in [5.41, 5.74) is 0.320. The van der Waals surface area contributed by atoms with Gasteiger partial charge in [-0.2, -0.15) is 8.78 Å². The predicted octanol–water partition coefficient (Wildman–Crippen LogP) is 1.31. The molecule has 5 nitrogen and oxygen atoms in total. The molecule has 2 rings (SSSR count). The summed E-state index contributed by atoms with van der Waals surface area (Å²) >= 11 is 0. The summed E-state index contributed by atoms with van der Waals surface area (Å²) in [5.74, 6) is -0.288. The molecule has 1 aliphatic heterocycles. The number of hydrogen-bond donors (Lipinski definition) is 2. The van der Waals surface area contributed by atoms with Crippen LogP contribution in [0.4, 0.5) is 8.78 Å². The number of carbonyl (C=O) groups excluding carboxylic acids is 1. The number of nitrogens with zero attached hydrogens (tertiary/aromatic N) is 1. The van der Waals surface area contributed by atoms with Gasteiger partial charge in [-0.3, -0.25) is 4.79 Å². The molecule has 0 aromatic heterocycles. The molecular formula is C15H21F2N3O2. The van der Waals surface area contributed by atoms with E-state index in [4.69, 9.17) is 0 Å². The smallest absolute Gasteiger partial charge is 0.387 e. The molecule has 0 atom stereocenters. The van der Waals surface area contributed by atoms with Crippen molar-refractivity contribution in [2.45, 2.75) is 13.0 Å². The van der Waals surface area contributed by atoms with Gasteiger partial charge in [0.2, 0.25) is 0 Å². The molecule has 1 amide bonds. The largest absolute Gasteiger partial charge is 0.435 e. The molecule has 1 aromatic carbocycles. The fraction of sp³-hybridized carbons (Fsp3) is 0.533. The van der Waals surface area contributed by atoms with Crippen LogP contribution in [-0.4, -0.2) is 56.7 Å². The Morgan fingerprint density at radius 3 is 2.86 bits per heavy atom. The van der Waals surface area contributed by atoms with Gasteiger partial charge in [0.1, 0.15) is 5.75 Å². The molecule has 1 aliphatic rings. The second-order valence-corrected chi connectivity index (χ2v) is 5.11. The molecular weight excluding hydrogens is 292 g/mol. The summed E-state index contributed by atoms with van der Waals surface area (Å²) in [4.78, 5) is 14.3. The number of benzene rings is 1. The van der Waals surface area contributed by atoms with E-state index in [1.807, 2.05) is 0 Å². The summed E-state index contributed by atoms with van der Waals surface area (Å²) in [6, 6.07) is 5.81. The Morgan fingerprint density at radius 1 is 1.36 bits per heavy atom. The number of ether oxygens (including phenoxy) is 1. The Balaban J connectivity index is 1.72. The third-order valence-corrected chi connectivity index (χ3v) is 3.47. The van der Waals surface area contributed by atoms with Crippen LogP contribution in [0.5, 0.6) is 5.75 Å². The highest BCUT2D eigenvalue weighted by atomic mass is 19.3. The monoisotopic (exact) mass is 313 g/mol.